The second-order valence-electron chi connectivity index (χ2n) is 7.27. The third-order valence-electron chi connectivity index (χ3n) is 4.86. The van der Waals surface area contributed by atoms with Gasteiger partial charge in [-0.3, -0.25) is 9.59 Å². The molecule has 4 heteroatoms. The molecule has 0 saturated heterocycles. The molecule has 0 aliphatic rings. The Morgan fingerprint density at radius 2 is 1.57 bits per heavy atom. The Balaban J connectivity index is 1.68. The molecule has 2 rings (SSSR count). The van der Waals surface area contributed by atoms with Gasteiger partial charge in [0.2, 0.25) is 0 Å². The number of ether oxygens (including phenoxy) is 2. The molecule has 0 spiro atoms. The van der Waals surface area contributed by atoms with Crippen LogP contribution in [-0.2, 0) is 20.7 Å². The number of unbranched alkanes of at least 4 members (excludes halogenated alkanes) is 3. The quantitative estimate of drug-likeness (QED) is 0.225. The van der Waals surface area contributed by atoms with E-state index < -0.39 is 0 Å². The molecule has 30 heavy (non-hydrogen) atoms. The van der Waals surface area contributed by atoms with E-state index in [1.807, 2.05) is 36.4 Å². The largest absolute Gasteiger partial charge is 0.493 e. The SMILES string of the molecule is COC(=O)CCCCC(=O)/C=C/c1ccccc1OCCCCCc1ccccc1. The minimum atomic E-state index is -0.232. The van der Waals surface area contributed by atoms with Crippen molar-refractivity contribution < 1.29 is 19.1 Å². The van der Waals surface area contributed by atoms with Crippen molar-refractivity contribution in [2.45, 2.75) is 51.4 Å². The fourth-order valence-corrected chi connectivity index (χ4v) is 3.12. The number of methoxy groups -OCH3 is 1. The number of para-hydroxylation sites is 1. The van der Waals surface area contributed by atoms with Crippen LogP contribution in [0.1, 0.15) is 56.1 Å². The molecule has 0 radical (unpaired) electrons. The number of ketones is 1. The van der Waals surface area contributed by atoms with Gasteiger partial charge in [-0.2, -0.15) is 0 Å². The number of rotatable bonds is 14. The zero-order chi connectivity index (χ0) is 21.4. The van der Waals surface area contributed by atoms with Crippen LogP contribution in [0.25, 0.3) is 6.08 Å². The fourth-order valence-electron chi connectivity index (χ4n) is 3.12. The molecule has 0 atom stereocenters. The third-order valence-corrected chi connectivity index (χ3v) is 4.86. The summed E-state index contributed by atoms with van der Waals surface area (Å²) in [7, 11) is 1.38. The molecule has 0 heterocycles. The number of hydrogen-bond acceptors (Lipinski definition) is 4. The van der Waals surface area contributed by atoms with Gasteiger partial charge < -0.3 is 9.47 Å². The maximum absolute atomic E-state index is 12.0. The first-order valence-electron chi connectivity index (χ1n) is 10.7. The number of benzene rings is 2. The first-order valence-corrected chi connectivity index (χ1v) is 10.7. The molecule has 0 aliphatic heterocycles. The van der Waals surface area contributed by atoms with E-state index in [9.17, 15) is 9.59 Å². The second-order valence-corrected chi connectivity index (χ2v) is 7.27. The van der Waals surface area contributed by atoms with Gasteiger partial charge in [-0.25, -0.2) is 0 Å². The number of hydrogen-bond donors (Lipinski definition) is 0. The molecule has 2 aromatic rings. The van der Waals surface area contributed by atoms with Crippen molar-refractivity contribution in [3.63, 3.8) is 0 Å². The minimum Gasteiger partial charge on any atom is -0.493 e. The molecule has 0 aliphatic carbocycles. The van der Waals surface area contributed by atoms with Crippen LogP contribution in [0, 0.1) is 0 Å². The van der Waals surface area contributed by atoms with E-state index in [4.69, 9.17) is 4.74 Å². The molecule has 0 unspecified atom stereocenters. The normalized spacial score (nSPS) is 10.8. The maximum atomic E-state index is 12.0. The third kappa shape index (κ3) is 9.55. The van der Waals surface area contributed by atoms with E-state index in [0.29, 0.717) is 32.3 Å². The van der Waals surface area contributed by atoms with E-state index in [2.05, 4.69) is 29.0 Å². The number of aryl methyl sites for hydroxylation is 1. The van der Waals surface area contributed by atoms with Gasteiger partial charge in [-0.1, -0.05) is 48.5 Å². The molecule has 0 N–H and O–H groups in total. The van der Waals surface area contributed by atoms with Crippen LogP contribution in [0.15, 0.2) is 60.7 Å². The highest BCUT2D eigenvalue weighted by Crippen LogP contribution is 2.20. The van der Waals surface area contributed by atoms with Gasteiger partial charge in [0.05, 0.1) is 13.7 Å². The van der Waals surface area contributed by atoms with Gasteiger partial charge in [0.1, 0.15) is 5.75 Å². The highest BCUT2D eigenvalue weighted by molar-refractivity contribution is 5.93. The molecule has 0 bridgehead atoms. The molecule has 0 aromatic heterocycles. The van der Waals surface area contributed by atoms with E-state index in [0.717, 1.165) is 37.0 Å². The smallest absolute Gasteiger partial charge is 0.305 e. The zero-order valence-electron chi connectivity index (χ0n) is 17.8. The predicted octanol–water partition coefficient (Wildman–Crippen LogP) is 5.79. The van der Waals surface area contributed by atoms with Crippen LogP contribution in [0.2, 0.25) is 0 Å². The minimum absolute atomic E-state index is 0.0515. The van der Waals surface area contributed by atoms with Gasteiger partial charge in [0.15, 0.2) is 5.78 Å². The summed E-state index contributed by atoms with van der Waals surface area (Å²) >= 11 is 0. The van der Waals surface area contributed by atoms with Crippen LogP contribution >= 0.6 is 0 Å². The summed E-state index contributed by atoms with van der Waals surface area (Å²) in [4.78, 5) is 23.1. The molecule has 4 nitrogen and oxygen atoms in total. The van der Waals surface area contributed by atoms with E-state index >= 15 is 0 Å². The van der Waals surface area contributed by atoms with Crippen molar-refractivity contribution in [3.05, 3.63) is 71.8 Å². The van der Waals surface area contributed by atoms with Crippen molar-refractivity contribution in [2.75, 3.05) is 13.7 Å². The van der Waals surface area contributed by atoms with Crippen LogP contribution < -0.4 is 4.74 Å². The molecule has 0 amide bonds. The molecule has 160 valence electrons. The highest BCUT2D eigenvalue weighted by atomic mass is 16.5. The van der Waals surface area contributed by atoms with Gasteiger partial charge in [-0.15, -0.1) is 0 Å². The van der Waals surface area contributed by atoms with Crippen molar-refractivity contribution in [1.82, 2.24) is 0 Å². The van der Waals surface area contributed by atoms with Gasteiger partial charge >= 0.3 is 5.97 Å². The average Bonchev–Trinajstić information content (AvgIpc) is 2.78. The van der Waals surface area contributed by atoms with E-state index in [1.165, 1.54) is 12.7 Å². The lowest BCUT2D eigenvalue weighted by Gasteiger charge is -2.09. The van der Waals surface area contributed by atoms with E-state index in [1.54, 1.807) is 6.08 Å². The standard InChI is InChI=1S/C26H32O4/c1-29-26(28)18-10-8-16-24(27)20-19-23-15-7-9-17-25(23)30-21-11-3-6-14-22-12-4-2-5-13-22/h2,4-5,7,9,12-13,15,17,19-20H,3,6,8,10-11,14,16,18,21H2,1H3/b20-19+. The number of allylic oxidation sites excluding steroid dienone is 1. The first-order chi connectivity index (χ1) is 14.7. The van der Waals surface area contributed by atoms with Gasteiger partial charge in [0, 0.05) is 18.4 Å². The van der Waals surface area contributed by atoms with Crippen molar-refractivity contribution >= 4 is 17.8 Å². The van der Waals surface area contributed by atoms with Gasteiger partial charge in [0.25, 0.3) is 0 Å². The summed E-state index contributed by atoms with van der Waals surface area (Å²) < 4.78 is 10.5. The van der Waals surface area contributed by atoms with Crippen LogP contribution in [0.3, 0.4) is 0 Å². The molecule has 0 fully saturated rings. The Kier molecular flexibility index (Phi) is 11.0. The summed E-state index contributed by atoms with van der Waals surface area (Å²) in [5.41, 5.74) is 2.29. The van der Waals surface area contributed by atoms with Crippen molar-refractivity contribution in [2.24, 2.45) is 0 Å². The Bertz CT molecular complexity index is 796. The molecule has 0 saturated carbocycles. The van der Waals surface area contributed by atoms with Gasteiger partial charge in [-0.05, 0) is 62.3 Å². The Labute approximate surface area is 179 Å². The predicted molar refractivity (Wildman–Crippen MR) is 120 cm³/mol. The zero-order valence-corrected chi connectivity index (χ0v) is 17.8. The molecule has 2 aromatic carbocycles. The topological polar surface area (TPSA) is 52.6 Å². The summed E-state index contributed by atoms with van der Waals surface area (Å²) in [5, 5.41) is 0. The van der Waals surface area contributed by atoms with Crippen LogP contribution in [0.5, 0.6) is 5.75 Å². The summed E-state index contributed by atoms with van der Waals surface area (Å²) in [5.74, 6) is 0.620. The number of carbonyl (C=O) groups excluding carboxylic acids is 2. The lowest BCUT2D eigenvalue weighted by atomic mass is 10.1. The number of carbonyl (C=O) groups is 2. The summed E-state index contributed by atoms with van der Waals surface area (Å²) in [6.07, 6.45) is 9.92. The van der Waals surface area contributed by atoms with Crippen molar-refractivity contribution in [1.29, 1.82) is 0 Å². The maximum Gasteiger partial charge on any atom is 0.305 e. The fraction of sp³-hybridized carbons (Fsp3) is 0.385. The van der Waals surface area contributed by atoms with E-state index in [-0.39, 0.29) is 11.8 Å². The van der Waals surface area contributed by atoms with Crippen molar-refractivity contribution in [3.8, 4) is 5.75 Å². The van der Waals surface area contributed by atoms with Crippen LogP contribution in [0.4, 0.5) is 0 Å². The highest BCUT2D eigenvalue weighted by Gasteiger charge is 2.04. The average molecular weight is 409 g/mol. The lowest BCUT2D eigenvalue weighted by molar-refractivity contribution is -0.140. The number of esters is 1. The summed E-state index contributed by atoms with van der Waals surface area (Å²) in [6.45, 7) is 0.668. The Hall–Kier alpha value is -2.88. The van der Waals surface area contributed by atoms with Crippen LogP contribution in [-0.4, -0.2) is 25.5 Å². The molecular weight excluding hydrogens is 376 g/mol. The monoisotopic (exact) mass is 408 g/mol. The second kappa shape index (κ2) is 14.2. The molecular formula is C26H32O4. The Morgan fingerprint density at radius 3 is 2.37 bits per heavy atom. The Morgan fingerprint density at radius 1 is 0.833 bits per heavy atom. The first kappa shape index (κ1) is 23.4. The summed E-state index contributed by atoms with van der Waals surface area (Å²) in [6, 6.07) is 18.3. The lowest BCUT2D eigenvalue weighted by Crippen LogP contribution is -2.01.